The molecule has 8 nitrogen and oxygen atoms in total. The summed E-state index contributed by atoms with van der Waals surface area (Å²) in [5.41, 5.74) is 1.80. The summed E-state index contributed by atoms with van der Waals surface area (Å²) in [5.74, 6) is -0.161. The molecule has 0 aliphatic heterocycles. The van der Waals surface area contributed by atoms with Crippen molar-refractivity contribution in [2.75, 3.05) is 13.7 Å². The molecular weight excluding hydrogens is 368 g/mol. The highest BCUT2D eigenvalue weighted by atomic mass is 32.1. The molecular formula is C18H20N4O4S. The number of rotatable bonds is 5. The van der Waals surface area contributed by atoms with Crippen molar-refractivity contribution in [2.45, 2.75) is 20.4 Å². The summed E-state index contributed by atoms with van der Waals surface area (Å²) < 4.78 is 14.4. The molecule has 3 rings (SSSR count). The first-order valence-electron chi connectivity index (χ1n) is 8.35. The molecule has 0 bridgehead atoms. The average Bonchev–Trinajstić information content (AvgIpc) is 3.14. The molecule has 0 N–H and O–H groups in total. The number of fused-ring (bicyclic) bond motifs is 1. The Hall–Kier alpha value is -2.94. The molecule has 0 fully saturated rings. The Morgan fingerprint density at radius 1 is 1.33 bits per heavy atom. The number of nitrogens with zero attached hydrogens (tertiary/aromatic N) is 4. The van der Waals surface area contributed by atoms with E-state index in [4.69, 9.17) is 9.47 Å². The molecule has 27 heavy (non-hydrogen) atoms. The van der Waals surface area contributed by atoms with Gasteiger partial charge in [0, 0.05) is 18.8 Å². The number of methoxy groups -OCH3 is 1. The van der Waals surface area contributed by atoms with Gasteiger partial charge in [-0.2, -0.15) is 10.1 Å². The van der Waals surface area contributed by atoms with Gasteiger partial charge in [0.1, 0.15) is 12.3 Å². The van der Waals surface area contributed by atoms with Crippen LogP contribution in [-0.4, -0.2) is 39.9 Å². The van der Waals surface area contributed by atoms with Crippen LogP contribution in [0.1, 0.15) is 23.0 Å². The van der Waals surface area contributed by atoms with Crippen molar-refractivity contribution in [1.29, 1.82) is 0 Å². The topological polar surface area (TPSA) is 87.7 Å². The lowest BCUT2D eigenvalue weighted by molar-refractivity contribution is -0.143. The van der Waals surface area contributed by atoms with Crippen LogP contribution in [0.5, 0.6) is 5.75 Å². The van der Waals surface area contributed by atoms with E-state index < -0.39 is 11.9 Å². The van der Waals surface area contributed by atoms with Crippen LogP contribution in [0.25, 0.3) is 10.2 Å². The van der Waals surface area contributed by atoms with Crippen LogP contribution in [0.15, 0.2) is 29.4 Å². The van der Waals surface area contributed by atoms with Crippen molar-refractivity contribution in [3.8, 4) is 5.75 Å². The fraction of sp³-hybridized carbons (Fsp3) is 0.333. The molecule has 0 radical (unpaired) electrons. The summed E-state index contributed by atoms with van der Waals surface area (Å²) in [5, 5.41) is 4.16. The van der Waals surface area contributed by atoms with Gasteiger partial charge in [0.25, 0.3) is 5.91 Å². The molecule has 1 amide bonds. The number of hydrogen-bond acceptors (Lipinski definition) is 6. The van der Waals surface area contributed by atoms with Crippen molar-refractivity contribution in [3.63, 3.8) is 0 Å². The highest BCUT2D eigenvalue weighted by molar-refractivity contribution is 7.16. The summed E-state index contributed by atoms with van der Waals surface area (Å²) in [6, 6.07) is 5.47. The number of aromatic nitrogens is 3. The van der Waals surface area contributed by atoms with E-state index in [-0.39, 0.29) is 18.8 Å². The van der Waals surface area contributed by atoms with E-state index in [1.165, 1.54) is 11.3 Å². The number of benzene rings is 1. The molecule has 0 unspecified atom stereocenters. The minimum Gasteiger partial charge on any atom is -0.497 e. The molecule has 9 heteroatoms. The first-order valence-corrected chi connectivity index (χ1v) is 9.17. The second kappa shape index (κ2) is 7.75. The van der Waals surface area contributed by atoms with Crippen LogP contribution in [-0.2, 0) is 23.1 Å². The predicted octanol–water partition coefficient (Wildman–Crippen LogP) is 2.06. The Labute approximate surface area is 159 Å². The van der Waals surface area contributed by atoms with Gasteiger partial charge in [-0.15, -0.1) is 0 Å². The Kier molecular flexibility index (Phi) is 5.41. The van der Waals surface area contributed by atoms with Crippen LogP contribution in [0.4, 0.5) is 0 Å². The number of hydrogen-bond donors (Lipinski definition) is 0. The number of carbonyl (C=O) groups excluding carboxylic acids is 2. The maximum absolute atomic E-state index is 12.6. The van der Waals surface area contributed by atoms with E-state index in [1.54, 1.807) is 49.5 Å². The molecule has 142 valence electrons. The zero-order valence-electron chi connectivity index (χ0n) is 15.6. The molecule has 0 aliphatic carbocycles. The minimum absolute atomic E-state index is 0.0342. The van der Waals surface area contributed by atoms with E-state index in [0.29, 0.717) is 10.6 Å². The highest BCUT2D eigenvalue weighted by Gasteiger charge is 2.16. The standard InChI is InChI=1S/C18H20N4O4S/c1-5-26-15(23)10-22-13-7-6-12(25-4)8-14(13)27-18(22)19-17(24)16-11(2)9-21(3)20-16/h6-9H,5,10H2,1-4H3. The van der Waals surface area contributed by atoms with Gasteiger partial charge in [0.05, 0.1) is 23.9 Å². The quantitative estimate of drug-likeness (QED) is 0.625. The monoisotopic (exact) mass is 388 g/mol. The largest absolute Gasteiger partial charge is 0.497 e. The van der Waals surface area contributed by atoms with E-state index in [2.05, 4.69) is 10.1 Å². The summed E-state index contributed by atoms with van der Waals surface area (Å²) >= 11 is 1.30. The summed E-state index contributed by atoms with van der Waals surface area (Å²) in [7, 11) is 3.33. The smallest absolute Gasteiger partial charge is 0.326 e. The van der Waals surface area contributed by atoms with Crippen LogP contribution >= 0.6 is 11.3 Å². The van der Waals surface area contributed by atoms with Gasteiger partial charge < -0.3 is 14.0 Å². The van der Waals surface area contributed by atoms with Crippen molar-refractivity contribution >= 4 is 33.4 Å². The third kappa shape index (κ3) is 3.92. The minimum atomic E-state index is -0.454. The first kappa shape index (κ1) is 18.8. The normalized spacial score (nSPS) is 11.8. The third-order valence-electron chi connectivity index (χ3n) is 3.89. The van der Waals surface area contributed by atoms with Crippen molar-refractivity contribution in [1.82, 2.24) is 14.3 Å². The summed E-state index contributed by atoms with van der Waals surface area (Å²) in [4.78, 5) is 29.3. The number of ether oxygens (including phenoxy) is 2. The highest BCUT2D eigenvalue weighted by Crippen LogP contribution is 2.23. The van der Waals surface area contributed by atoms with Gasteiger partial charge in [-0.3, -0.25) is 14.3 Å². The van der Waals surface area contributed by atoms with Crippen LogP contribution in [0.2, 0.25) is 0 Å². The van der Waals surface area contributed by atoms with Crippen molar-refractivity contribution < 1.29 is 19.1 Å². The molecule has 2 heterocycles. The Morgan fingerprint density at radius 3 is 2.74 bits per heavy atom. The van der Waals surface area contributed by atoms with Crippen LogP contribution in [0.3, 0.4) is 0 Å². The molecule has 0 atom stereocenters. The SMILES string of the molecule is CCOC(=O)Cn1c(=NC(=O)c2nn(C)cc2C)sc2cc(OC)ccc21. The lowest BCUT2D eigenvalue weighted by atomic mass is 10.3. The van der Waals surface area contributed by atoms with Crippen LogP contribution in [0, 0.1) is 6.92 Å². The van der Waals surface area contributed by atoms with Gasteiger partial charge in [-0.25, -0.2) is 0 Å². The fourth-order valence-corrected chi connectivity index (χ4v) is 3.77. The Morgan fingerprint density at radius 2 is 2.11 bits per heavy atom. The third-order valence-corrected chi connectivity index (χ3v) is 4.94. The number of aryl methyl sites for hydroxylation is 2. The number of carbonyl (C=O) groups is 2. The zero-order chi connectivity index (χ0) is 19.6. The zero-order valence-corrected chi connectivity index (χ0v) is 16.4. The predicted molar refractivity (Wildman–Crippen MR) is 101 cm³/mol. The molecule has 0 spiro atoms. The maximum atomic E-state index is 12.6. The number of thiazole rings is 1. The number of esters is 1. The fourth-order valence-electron chi connectivity index (χ4n) is 2.71. The van der Waals surface area contributed by atoms with Gasteiger partial charge in [0.15, 0.2) is 10.5 Å². The maximum Gasteiger partial charge on any atom is 0.326 e. The first-order chi connectivity index (χ1) is 12.9. The van der Waals surface area contributed by atoms with Gasteiger partial charge in [-0.1, -0.05) is 11.3 Å². The van der Waals surface area contributed by atoms with E-state index in [9.17, 15) is 9.59 Å². The second-order valence-electron chi connectivity index (χ2n) is 5.86. The molecule has 0 saturated carbocycles. The molecule has 0 aliphatic rings. The number of amides is 1. The van der Waals surface area contributed by atoms with Gasteiger partial charge in [-0.05, 0) is 32.0 Å². The van der Waals surface area contributed by atoms with Crippen molar-refractivity contribution in [3.05, 3.63) is 40.5 Å². The summed E-state index contributed by atoms with van der Waals surface area (Å²) in [6.07, 6.45) is 1.76. The molecule has 3 aromatic rings. The van der Waals surface area contributed by atoms with Gasteiger partial charge in [0.2, 0.25) is 0 Å². The van der Waals surface area contributed by atoms with E-state index in [1.807, 2.05) is 12.1 Å². The van der Waals surface area contributed by atoms with E-state index in [0.717, 1.165) is 15.8 Å². The molecule has 1 aromatic carbocycles. The van der Waals surface area contributed by atoms with Crippen LogP contribution < -0.4 is 9.54 Å². The molecule has 2 aromatic heterocycles. The Bertz CT molecular complexity index is 1080. The lowest BCUT2D eigenvalue weighted by Gasteiger charge is -2.05. The lowest BCUT2D eigenvalue weighted by Crippen LogP contribution is -2.23. The van der Waals surface area contributed by atoms with E-state index >= 15 is 0 Å². The summed E-state index contributed by atoms with van der Waals surface area (Å²) in [6.45, 7) is 3.80. The second-order valence-corrected chi connectivity index (χ2v) is 6.87. The van der Waals surface area contributed by atoms with Crippen molar-refractivity contribution in [2.24, 2.45) is 12.0 Å². The average molecular weight is 388 g/mol. The molecule has 0 saturated heterocycles. The Balaban J connectivity index is 2.13. The van der Waals surface area contributed by atoms with Gasteiger partial charge >= 0.3 is 5.97 Å².